The van der Waals surface area contributed by atoms with E-state index in [2.05, 4.69) is 4.98 Å². The average Bonchev–Trinajstić information content (AvgIpc) is 3.19. The Hall–Kier alpha value is -3.39. The zero-order valence-corrected chi connectivity index (χ0v) is 15.9. The number of para-hydroxylation sites is 2. The van der Waals surface area contributed by atoms with Crippen molar-refractivity contribution < 1.29 is 19.4 Å². The largest absolute Gasteiger partial charge is 0.493 e. The maximum atomic E-state index is 12.8. The standard InChI is InChI=1S/C20H16N2O5S/c1-11(19(24)25)27-15-8-7-12(9-16(15)26-2)10-17-18(23)22-14-6-4-3-5-13(14)21-20(22)28-17/h3-11H,1-2H3,(H,24,25). The molecule has 0 aliphatic heterocycles. The predicted octanol–water partition coefficient (Wildman–Crippen LogP) is 2.32. The summed E-state index contributed by atoms with van der Waals surface area (Å²) >= 11 is 1.31. The van der Waals surface area contributed by atoms with Gasteiger partial charge < -0.3 is 14.6 Å². The maximum absolute atomic E-state index is 12.8. The van der Waals surface area contributed by atoms with Crippen LogP contribution >= 0.6 is 11.3 Å². The number of nitrogens with zero attached hydrogens (tertiary/aromatic N) is 2. The van der Waals surface area contributed by atoms with Gasteiger partial charge in [0.15, 0.2) is 22.6 Å². The van der Waals surface area contributed by atoms with Crippen molar-refractivity contribution in [2.75, 3.05) is 7.11 Å². The van der Waals surface area contributed by atoms with Gasteiger partial charge in [-0.25, -0.2) is 14.2 Å². The van der Waals surface area contributed by atoms with Gasteiger partial charge in [0.1, 0.15) is 0 Å². The minimum absolute atomic E-state index is 0.132. The predicted molar refractivity (Wildman–Crippen MR) is 106 cm³/mol. The van der Waals surface area contributed by atoms with Gasteiger partial charge in [-0.05, 0) is 42.8 Å². The molecule has 2 heterocycles. The first-order valence-electron chi connectivity index (χ1n) is 8.47. The van der Waals surface area contributed by atoms with Crippen LogP contribution in [0, 0.1) is 0 Å². The molecule has 7 nitrogen and oxygen atoms in total. The second-order valence-electron chi connectivity index (χ2n) is 6.14. The van der Waals surface area contributed by atoms with Crippen LogP contribution in [0.15, 0.2) is 47.3 Å². The van der Waals surface area contributed by atoms with Gasteiger partial charge in [0.05, 0.1) is 22.7 Å². The molecular formula is C20H16N2O5S. The number of benzene rings is 2. The van der Waals surface area contributed by atoms with Crippen LogP contribution in [-0.2, 0) is 4.79 Å². The highest BCUT2D eigenvalue weighted by molar-refractivity contribution is 7.15. The molecule has 2 aromatic carbocycles. The van der Waals surface area contributed by atoms with Gasteiger partial charge in [0.25, 0.3) is 5.56 Å². The van der Waals surface area contributed by atoms with Crippen molar-refractivity contribution in [2.45, 2.75) is 13.0 Å². The molecule has 4 rings (SSSR count). The zero-order valence-electron chi connectivity index (χ0n) is 15.1. The number of carboxylic acids is 1. The molecule has 0 radical (unpaired) electrons. The van der Waals surface area contributed by atoms with Gasteiger partial charge in [0.2, 0.25) is 0 Å². The lowest BCUT2D eigenvalue weighted by Crippen LogP contribution is -2.23. The third-order valence-electron chi connectivity index (χ3n) is 4.28. The SMILES string of the molecule is COc1cc(C=c2sc3nc4ccccc4n3c2=O)ccc1OC(C)C(=O)O. The van der Waals surface area contributed by atoms with Crippen LogP contribution in [0.2, 0.25) is 0 Å². The fourth-order valence-electron chi connectivity index (χ4n) is 2.88. The third kappa shape index (κ3) is 3.07. The number of imidazole rings is 1. The van der Waals surface area contributed by atoms with Crippen LogP contribution < -0.4 is 19.6 Å². The average molecular weight is 396 g/mol. The number of thiazole rings is 1. The third-order valence-corrected chi connectivity index (χ3v) is 5.25. The van der Waals surface area contributed by atoms with Crippen LogP contribution in [-0.4, -0.2) is 33.7 Å². The van der Waals surface area contributed by atoms with Crippen molar-refractivity contribution in [3.8, 4) is 11.5 Å². The van der Waals surface area contributed by atoms with E-state index in [-0.39, 0.29) is 5.56 Å². The van der Waals surface area contributed by atoms with E-state index in [4.69, 9.17) is 14.6 Å². The first-order valence-corrected chi connectivity index (χ1v) is 9.29. The van der Waals surface area contributed by atoms with Gasteiger partial charge in [-0.3, -0.25) is 4.79 Å². The summed E-state index contributed by atoms with van der Waals surface area (Å²) in [6, 6.07) is 12.6. The molecule has 0 spiro atoms. The molecule has 0 aliphatic rings. The molecule has 0 bridgehead atoms. The number of carboxylic acid groups (broad SMARTS) is 1. The van der Waals surface area contributed by atoms with E-state index in [1.165, 1.54) is 25.4 Å². The summed E-state index contributed by atoms with van der Waals surface area (Å²) < 4.78 is 12.9. The van der Waals surface area contributed by atoms with E-state index in [9.17, 15) is 9.59 Å². The Labute approximate surface area is 163 Å². The number of ether oxygens (including phenoxy) is 2. The van der Waals surface area contributed by atoms with Crippen LogP contribution in [0.1, 0.15) is 12.5 Å². The number of carbonyl (C=O) groups is 1. The monoisotopic (exact) mass is 396 g/mol. The van der Waals surface area contributed by atoms with Crippen molar-refractivity contribution in [2.24, 2.45) is 0 Å². The van der Waals surface area contributed by atoms with Gasteiger partial charge in [-0.1, -0.05) is 29.5 Å². The lowest BCUT2D eigenvalue weighted by Gasteiger charge is -2.14. The van der Waals surface area contributed by atoms with Crippen molar-refractivity contribution in [1.29, 1.82) is 0 Å². The molecule has 1 N–H and O–H groups in total. The van der Waals surface area contributed by atoms with Gasteiger partial charge in [-0.15, -0.1) is 0 Å². The van der Waals surface area contributed by atoms with Crippen molar-refractivity contribution in [1.82, 2.24) is 9.38 Å². The van der Waals surface area contributed by atoms with Crippen LogP contribution in [0.5, 0.6) is 11.5 Å². The number of aromatic nitrogens is 2. The Bertz CT molecular complexity index is 1310. The summed E-state index contributed by atoms with van der Waals surface area (Å²) in [6.07, 6.45) is 0.749. The smallest absolute Gasteiger partial charge is 0.344 e. The second kappa shape index (κ2) is 6.97. The number of hydrogen-bond acceptors (Lipinski definition) is 6. The molecule has 142 valence electrons. The summed E-state index contributed by atoms with van der Waals surface area (Å²) in [7, 11) is 1.47. The lowest BCUT2D eigenvalue weighted by molar-refractivity contribution is -0.144. The molecule has 8 heteroatoms. The van der Waals surface area contributed by atoms with Gasteiger partial charge >= 0.3 is 5.97 Å². The number of fused-ring (bicyclic) bond motifs is 3. The molecule has 0 aliphatic carbocycles. The van der Waals surface area contributed by atoms with E-state index in [0.717, 1.165) is 16.6 Å². The topological polar surface area (TPSA) is 90.1 Å². The Morgan fingerprint density at radius 1 is 1.25 bits per heavy atom. The molecule has 0 saturated carbocycles. The normalized spacial score (nSPS) is 13.1. The van der Waals surface area contributed by atoms with E-state index < -0.39 is 12.1 Å². The fourth-order valence-corrected chi connectivity index (χ4v) is 3.86. The van der Waals surface area contributed by atoms with Gasteiger partial charge in [-0.2, -0.15) is 0 Å². The first kappa shape index (κ1) is 18.0. The molecule has 1 unspecified atom stereocenters. The molecular weight excluding hydrogens is 380 g/mol. The Balaban J connectivity index is 1.77. The fraction of sp³-hybridized carbons (Fsp3) is 0.150. The highest BCUT2D eigenvalue weighted by Crippen LogP contribution is 2.29. The number of hydrogen-bond donors (Lipinski definition) is 1. The lowest BCUT2D eigenvalue weighted by atomic mass is 10.2. The van der Waals surface area contributed by atoms with Crippen LogP contribution in [0.4, 0.5) is 0 Å². The molecule has 28 heavy (non-hydrogen) atoms. The van der Waals surface area contributed by atoms with Crippen molar-refractivity contribution in [3.05, 3.63) is 62.9 Å². The van der Waals surface area contributed by atoms with E-state index in [1.54, 1.807) is 28.7 Å². The summed E-state index contributed by atoms with van der Waals surface area (Å²) in [5.41, 5.74) is 2.17. The minimum Gasteiger partial charge on any atom is -0.493 e. The summed E-state index contributed by atoms with van der Waals surface area (Å²) in [4.78, 5) is 29.0. The number of aliphatic carboxylic acids is 1. The number of rotatable bonds is 5. The van der Waals surface area contributed by atoms with Gasteiger partial charge in [0, 0.05) is 0 Å². The minimum atomic E-state index is -1.07. The van der Waals surface area contributed by atoms with E-state index in [1.807, 2.05) is 24.3 Å². The molecule has 2 aromatic heterocycles. The summed E-state index contributed by atoms with van der Waals surface area (Å²) in [6.45, 7) is 1.44. The van der Waals surface area contributed by atoms with Crippen LogP contribution in [0.25, 0.3) is 22.1 Å². The Morgan fingerprint density at radius 3 is 2.79 bits per heavy atom. The molecule has 0 amide bonds. The summed E-state index contributed by atoms with van der Waals surface area (Å²) in [5, 5.41) is 9.00. The van der Waals surface area contributed by atoms with Crippen LogP contribution in [0.3, 0.4) is 0 Å². The molecule has 0 saturated heterocycles. The second-order valence-corrected chi connectivity index (χ2v) is 7.15. The zero-order chi connectivity index (χ0) is 19.8. The van der Waals surface area contributed by atoms with E-state index >= 15 is 0 Å². The van der Waals surface area contributed by atoms with Crippen molar-refractivity contribution in [3.63, 3.8) is 0 Å². The van der Waals surface area contributed by atoms with Crippen molar-refractivity contribution >= 4 is 39.4 Å². The molecule has 1 atom stereocenters. The number of methoxy groups -OCH3 is 1. The Morgan fingerprint density at radius 2 is 2.04 bits per heavy atom. The Kier molecular flexibility index (Phi) is 4.48. The maximum Gasteiger partial charge on any atom is 0.344 e. The quantitative estimate of drug-likeness (QED) is 0.557. The summed E-state index contributed by atoms with van der Waals surface area (Å²) in [5.74, 6) is -0.354. The first-order chi connectivity index (χ1) is 13.5. The van der Waals surface area contributed by atoms with E-state index in [0.29, 0.717) is 21.0 Å². The molecule has 0 fully saturated rings. The highest BCUT2D eigenvalue weighted by Gasteiger charge is 2.16. The highest BCUT2D eigenvalue weighted by atomic mass is 32.1. The molecule has 4 aromatic rings.